The van der Waals surface area contributed by atoms with Crippen LogP contribution in [0.2, 0.25) is 0 Å². The summed E-state index contributed by atoms with van der Waals surface area (Å²) in [5.41, 5.74) is 2.17. The van der Waals surface area contributed by atoms with Crippen molar-refractivity contribution >= 4 is 5.91 Å². The van der Waals surface area contributed by atoms with Gasteiger partial charge in [0, 0.05) is 19.0 Å². The third kappa shape index (κ3) is 3.62. The lowest BCUT2D eigenvalue weighted by molar-refractivity contribution is -0.118. The second kappa shape index (κ2) is 4.51. The van der Waals surface area contributed by atoms with Gasteiger partial charge < -0.3 is 5.32 Å². The van der Waals surface area contributed by atoms with Gasteiger partial charge in [-0.1, -0.05) is 18.2 Å². The van der Waals surface area contributed by atoms with Crippen molar-refractivity contribution in [1.82, 2.24) is 5.32 Å². The first-order valence-corrected chi connectivity index (χ1v) is 4.32. The zero-order valence-corrected chi connectivity index (χ0v) is 7.98. The molecule has 0 unspecified atom stereocenters. The number of aryl methyl sites for hydroxylation is 1. The molecule has 1 rings (SSSR count). The highest BCUT2D eigenvalue weighted by molar-refractivity contribution is 5.72. The zero-order chi connectivity index (χ0) is 9.68. The maximum Gasteiger partial charge on any atom is 0.216 e. The van der Waals surface area contributed by atoms with Gasteiger partial charge in [-0.2, -0.15) is 0 Å². The van der Waals surface area contributed by atoms with Crippen LogP contribution in [0, 0.1) is 19.1 Å². The highest BCUT2D eigenvalue weighted by atomic mass is 16.1. The molecule has 2 nitrogen and oxygen atoms in total. The first-order chi connectivity index (χ1) is 6.18. The van der Waals surface area contributed by atoms with E-state index in [-0.39, 0.29) is 5.91 Å². The maximum absolute atomic E-state index is 10.6. The molecule has 0 saturated carbocycles. The summed E-state index contributed by atoms with van der Waals surface area (Å²) in [5, 5.41) is 2.74. The van der Waals surface area contributed by atoms with E-state index in [0.29, 0.717) is 6.54 Å². The van der Waals surface area contributed by atoms with Crippen LogP contribution in [0.5, 0.6) is 0 Å². The maximum atomic E-state index is 10.6. The molecule has 0 heterocycles. The molecule has 0 aromatic heterocycles. The fraction of sp³-hybridized carbons (Fsp3) is 0.364. The van der Waals surface area contributed by atoms with Crippen LogP contribution in [0.25, 0.3) is 0 Å². The molecule has 0 aliphatic rings. The van der Waals surface area contributed by atoms with Crippen LogP contribution in [0.3, 0.4) is 0 Å². The van der Waals surface area contributed by atoms with E-state index in [1.165, 1.54) is 6.92 Å². The molecule has 0 aliphatic carbocycles. The third-order valence-corrected chi connectivity index (χ3v) is 1.72. The predicted molar refractivity (Wildman–Crippen MR) is 51.2 cm³/mol. The molecule has 0 radical (unpaired) electrons. The molecule has 0 spiro atoms. The fourth-order valence-corrected chi connectivity index (χ4v) is 1.01. The van der Waals surface area contributed by atoms with Crippen molar-refractivity contribution in [1.29, 1.82) is 0 Å². The molecule has 0 atom stereocenters. The highest BCUT2D eigenvalue weighted by Crippen LogP contribution is 1.97. The number of rotatable bonds is 3. The van der Waals surface area contributed by atoms with Gasteiger partial charge in [0.1, 0.15) is 0 Å². The van der Waals surface area contributed by atoms with Gasteiger partial charge in [-0.3, -0.25) is 4.79 Å². The molecule has 68 valence electrons. The number of nitrogens with one attached hydrogen (secondary N) is 1. The topological polar surface area (TPSA) is 29.1 Å². The molecule has 0 fully saturated rings. The lowest BCUT2D eigenvalue weighted by Crippen LogP contribution is -2.22. The predicted octanol–water partition coefficient (Wildman–Crippen LogP) is 1.27. The first-order valence-electron chi connectivity index (χ1n) is 4.32. The quantitative estimate of drug-likeness (QED) is 0.736. The van der Waals surface area contributed by atoms with Crippen LogP contribution in [0.15, 0.2) is 12.1 Å². The summed E-state index contributed by atoms with van der Waals surface area (Å²) in [5.74, 6) is 0.0103. The molecule has 0 aliphatic heterocycles. The van der Waals surface area contributed by atoms with Gasteiger partial charge in [-0.15, -0.1) is 0 Å². The summed E-state index contributed by atoms with van der Waals surface area (Å²) in [4.78, 5) is 10.6. The van der Waals surface area contributed by atoms with Gasteiger partial charge in [-0.25, -0.2) is 0 Å². The van der Waals surface area contributed by atoms with E-state index < -0.39 is 0 Å². The number of carbonyl (C=O) groups is 1. The Kier molecular flexibility index (Phi) is 3.33. The summed E-state index contributed by atoms with van der Waals surface area (Å²) in [6.45, 7) is 4.17. The average molecular weight is 175 g/mol. The zero-order valence-electron chi connectivity index (χ0n) is 7.98. The van der Waals surface area contributed by atoms with Gasteiger partial charge in [0.05, 0.1) is 0 Å². The van der Waals surface area contributed by atoms with E-state index in [1.807, 2.05) is 19.1 Å². The Morgan fingerprint density at radius 3 is 2.77 bits per heavy atom. The van der Waals surface area contributed by atoms with Crippen LogP contribution in [-0.4, -0.2) is 12.5 Å². The lowest BCUT2D eigenvalue weighted by atomic mass is 10.1. The lowest BCUT2D eigenvalue weighted by Gasteiger charge is -1.99. The smallest absolute Gasteiger partial charge is 0.216 e. The summed E-state index contributed by atoms with van der Waals surface area (Å²) in [7, 11) is 0. The molecular weight excluding hydrogens is 162 g/mol. The van der Waals surface area contributed by atoms with Gasteiger partial charge in [0.15, 0.2) is 0 Å². The Balaban J connectivity index is 2.37. The van der Waals surface area contributed by atoms with E-state index in [0.717, 1.165) is 17.5 Å². The van der Waals surface area contributed by atoms with E-state index in [4.69, 9.17) is 0 Å². The number of amides is 1. The van der Waals surface area contributed by atoms with Crippen molar-refractivity contribution in [2.45, 2.75) is 20.3 Å². The van der Waals surface area contributed by atoms with E-state index in [2.05, 4.69) is 17.4 Å². The Labute approximate surface area is 79.0 Å². The third-order valence-electron chi connectivity index (χ3n) is 1.72. The van der Waals surface area contributed by atoms with Gasteiger partial charge in [-0.05, 0) is 25.0 Å². The van der Waals surface area contributed by atoms with E-state index >= 15 is 0 Å². The van der Waals surface area contributed by atoms with Crippen LogP contribution in [0.1, 0.15) is 18.1 Å². The molecule has 1 N–H and O–H groups in total. The van der Waals surface area contributed by atoms with Crippen LogP contribution < -0.4 is 5.32 Å². The number of hydrogen-bond donors (Lipinski definition) is 1. The molecule has 2 heteroatoms. The van der Waals surface area contributed by atoms with Gasteiger partial charge >= 0.3 is 0 Å². The molecular formula is C11H13NO. The van der Waals surface area contributed by atoms with Crippen molar-refractivity contribution in [2.75, 3.05) is 6.54 Å². The van der Waals surface area contributed by atoms with Crippen molar-refractivity contribution < 1.29 is 4.79 Å². The fourth-order valence-electron chi connectivity index (χ4n) is 1.01. The minimum absolute atomic E-state index is 0.0103. The second-order valence-electron chi connectivity index (χ2n) is 3.02. The normalized spacial score (nSPS) is 9.08. The number of carbonyl (C=O) groups excluding carboxylic acids is 1. The largest absolute Gasteiger partial charge is 0.356 e. The molecule has 0 bridgehead atoms. The van der Waals surface area contributed by atoms with Crippen LogP contribution in [0.4, 0.5) is 0 Å². The molecule has 13 heavy (non-hydrogen) atoms. The summed E-state index contributed by atoms with van der Waals surface area (Å²) in [6, 6.07) is 10.0. The number of hydrogen-bond acceptors (Lipinski definition) is 1. The molecule has 1 aromatic carbocycles. The Morgan fingerprint density at radius 1 is 1.46 bits per heavy atom. The average Bonchev–Trinajstić information content (AvgIpc) is 2.08. The van der Waals surface area contributed by atoms with E-state index in [9.17, 15) is 4.79 Å². The first kappa shape index (κ1) is 9.60. The SMILES string of the molecule is CC(=O)NCCc1c#cc(C)cc1. The molecule has 1 aromatic rings. The van der Waals surface area contributed by atoms with Crippen molar-refractivity contribution in [3.05, 3.63) is 35.4 Å². The van der Waals surface area contributed by atoms with Gasteiger partial charge in [0.2, 0.25) is 5.91 Å². The molecule has 0 saturated heterocycles. The minimum Gasteiger partial charge on any atom is -0.356 e. The minimum atomic E-state index is 0.0103. The Bertz CT molecular complexity index is 277. The molecule has 1 amide bonds. The van der Waals surface area contributed by atoms with Crippen molar-refractivity contribution in [2.24, 2.45) is 0 Å². The standard InChI is InChI=1S/C11H13NO/c1-9-3-5-11(6-4-9)7-8-12-10(2)13/h3,5H,7-8H2,1-2H3,(H,12,13). The van der Waals surface area contributed by atoms with Gasteiger partial charge in [0.25, 0.3) is 0 Å². The summed E-state index contributed by atoms with van der Waals surface area (Å²) >= 11 is 0. The van der Waals surface area contributed by atoms with Crippen molar-refractivity contribution in [3.8, 4) is 0 Å². The van der Waals surface area contributed by atoms with E-state index in [1.54, 1.807) is 0 Å². The summed E-state index contributed by atoms with van der Waals surface area (Å²) in [6.07, 6.45) is 0.816. The second-order valence-corrected chi connectivity index (χ2v) is 3.02. The highest BCUT2D eigenvalue weighted by Gasteiger charge is 1.92. The van der Waals surface area contributed by atoms with Crippen LogP contribution in [-0.2, 0) is 11.2 Å². The Morgan fingerprint density at radius 2 is 2.23 bits per heavy atom. The summed E-state index contributed by atoms with van der Waals surface area (Å²) < 4.78 is 0. The monoisotopic (exact) mass is 175 g/mol. The van der Waals surface area contributed by atoms with Crippen LogP contribution >= 0.6 is 0 Å². The Hall–Kier alpha value is -1.49. The van der Waals surface area contributed by atoms with Crippen molar-refractivity contribution in [3.63, 3.8) is 0 Å².